The van der Waals surface area contributed by atoms with Crippen molar-refractivity contribution in [3.8, 4) is 0 Å². The van der Waals surface area contributed by atoms with Crippen LogP contribution in [0.5, 0.6) is 0 Å². The molecule has 3 rings (SSSR count). The van der Waals surface area contributed by atoms with E-state index in [0.29, 0.717) is 6.61 Å². The first kappa shape index (κ1) is 10.3. The second-order valence-electron chi connectivity index (χ2n) is 3.87. The highest BCUT2D eigenvalue weighted by Crippen LogP contribution is 2.21. The zero-order valence-electron chi connectivity index (χ0n) is 8.66. The fourth-order valence-electron chi connectivity index (χ4n) is 1.91. The third kappa shape index (κ3) is 1.86. The maximum Gasteiger partial charge on any atom is 0.126 e. The van der Waals surface area contributed by atoms with Gasteiger partial charge in [-0.2, -0.15) is 0 Å². The molecule has 5 heteroatoms. The normalized spacial score (nSPS) is 21.4. The summed E-state index contributed by atoms with van der Waals surface area (Å²) in [7, 11) is 0. The van der Waals surface area contributed by atoms with E-state index in [4.69, 9.17) is 4.74 Å². The van der Waals surface area contributed by atoms with Crippen LogP contribution in [0.15, 0.2) is 22.7 Å². The summed E-state index contributed by atoms with van der Waals surface area (Å²) in [4.78, 5) is 7.88. The lowest BCUT2D eigenvalue weighted by molar-refractivity contribution is 0.0746. The van der Waals surface area contributed by atoms with Gasteiger partial charge < -0.3 is 15.0 Å². The number of halogens is 1. The predicted molar refractivity (Wildman–Crippen MR) is 65.4 cm³/mol. The predicted octanol–water partition coefficient (Wildman–Crippen LogP) is 1.99. The zero-order chi connectivity index (χ0) is 11.0. The average Bonchev–Trinajstić information content (AvgIpc) is 2.73. The molecular weight excluding hydrogens is 270 g/mol. The fraction of sp³-hybridized carbons (Fsp3) is 0.364. The van der Waals surface area contributed by atoms with Crippen molar-refractivity contribution >= 4 is 27.0 Å². The molecule has 0 amide bonds. The number of aromatic nitrogens is 2. The van der Waals surface area contributed by atoms with Gasteiger partial charge in [0.1, 0.15) is 5.82 Å². The Morgan fingerprint density at radius 1 is 1.44 bits per heavy atom. The van der Waals surface area contributed by atoms with Crippen molar-refractivity contribution in [2.75, 3.05) is 19.8 Å². The first-order valence-electron chi connectivity index (χ1n) is 5.29. The number of morpholine rings is 1. The summed E-state index contributed by atoms with van der Waals surface area (Å²) >= 11 is 3.45. The van der Waals surface area contributed by atoms with Gasteiger partial charge in [0.25, 0.3) is 0 Å². The van der Waals surface area contributed by atoms with Crippen molar-refractivity contribution < 1.29 is 4.74 Å². The van der Waals surface area contributed by atoms with Crippen LogP contribution in [0.1, 0.15) is 11.9 Å². The second kappa shape index (κ2) is 4.16. The molecule has 2 N–H and O–H groups in total. The molecule has 1 aliphatic rings. The van der Waals surface area contributed by atoms with Crippen LogP contribution in [0.25, 0.3) is 11.0 Å². The largest absolute Gasteiger partial charge is 0.378 e. The minimum Gasteiger partial charge on any atom is -0.378 e. The maximum absolute atomic E-state index is 5.42. The van der Waals surface area contributed by atoms with Crippen molar-refractivity contribution in [1.82, 2.24) is 15.3 Å². The van der Waals surface area contributed by atoms with E-state index in [0.717, 1.165) is 34.5 Å². The van der Waals surface area contributed by atoms with Gasteiger partial charge in [0.15, 0.2) is 0 Å². The first-order valence-corrected chi connectivity index (χ1v) is 6.08. The lowest BCUT2D eigenvalue weighted by Crippen LogP contribution is -2.35. The van der Waals surface area contributed by atoms with Gasteiger partial charge in [-0.05, 0) is 18.2 Å². The molecule has 0 saturated carbocycles. The number of rotatable bonds is 1. The molecule has 0 bridgehead atoms. The van der Waals surface area contributed by atoms with E-state index < -0.39 is 0 Å². The number of hydrogen-bond donors (Lipinski definition) is 2. The molecular formula is C11H12BrN3O. The van der Waals surface area contributed by atoms with E-state index in [2.05, 4.69) is 31.2 Å². The van der Waals surface area contributed by atoms with Crippen LogP contribution in [0.2, 0.25) is 0 Å². The maximum atomic E-state index is 5.42. The summed E-state index contributed by atoms with van der Waals surface area (Å²) in [5, 5.41) is 3.38. The highest BCUT2D eigenvalue weighted by Gasteiger charge is 2.18. The summed E-state index contributed by atoms with van der Waals surface area (Å²) in [6.07, 6.45) is 0. The molecule has 1 unspecified atom stereocenters. The molecule has 0 spiro atoms. The van der Waals surface area contributed by atoms with Gasteiger partial charge in [0, 0.05) is 11.0 Å². The minimum absolute atomic E-state index is 0.180. The second-order valence-corrected chi connectivity index (χ2v) is 4.78. The van der Waals surface area contributed by atoms with E-state index in [1.807, 2.05) is 18.2 Å². The first-order chi connectivity index (χ1) is 7.83. The average molecular weight is 282 g/mol. The minimum atomic E-state index is 0.180. The van der Waals surface area contributed by atoms with Crippen LogP contribution >= 0.6 is 15.9 Å². The molecule has 84 valence electrons. The molecule has 16 heavy (non-hydrogen) atoms. The number of nitrogens with zero attached hydrogens (tertiary/aromatic N) is 1. The molecule has 4 nitrogen and oxygen atoms in total. The summed E-state index contributed by atoms with van der Waals surface area (Å²) in [5.74, 6) is 0.952. The Balaban J connectivity index is 1.97. The molecule has 1 aromatic carbocycles. The van der Waals surface area contributed by atoms with Crippen LogP contribution < -0.4 is 5.32 Å². The Hall–Kier alpha value is -0.910. The number of H-pyrrole nitrogens is 1. The van der Waals surface area contributed by atoms with Gasteiger partial charge in [-0.15, -0.1) is 0 Å². The van der Waals surface area contributed by atoms with E-state index in [-0.39, 0.29) is 6.04 Å². The Labute approximate surface area is 102 Å². The van der Waals surface area contributed by atoms with E-state index in [9.17, 15) is 0 Å². The van der Waals surface area contributed by atoms with Crippen molar-refractivity contribution in [2.45, 2.75) is 6.04 Å². The molecule has 1 aromatic heterocycles. The van der Waals surface area contributed by atoms with Gasteiger partial charge in [0.2, 0.25) is 0 Å². The quantitative estimate of drug-likeness (QED) is 0.841. The van der Waals surface area contributed by atoms with Crippen molar-refractivity contribution in [3.05, 3.63) is 28.5 Å². The lowest BCUT2D eigenvalue weighted by atomic mass is 10.3. The van der Waals surface area contributed by atoms with E-state index in [1.54, 1.807) is 0 Å². The Morgan fingerprint density at radius 3 is 3.19 bits per heavy atom. The topological polar surface area (TPSA) is 49.9 Å². The number of fused-ring (bicyclic) bond motifs is 1. The van der Waals surface area contributed by atoms with Gasteiger partial charge in [-0.3, -0.25) is 0 Å². The number of ether oxygens (including phenoxy) is 1. The Kier molecular flexibility index (Phi) is 2.67. The van der Waals surface area contributed by atoms with E-state index >= 15 is 0 Å². The third-order valence-electron chi connectivity index (χ3n) is 2.71. The molecule has 1 aliphatic heterocycles. The van der Waals surface area contributed by atoms with Crippen LogP contribution in [0, 0.1) is 0 Å². The summed E-state index contributed by atoms with van der Waals surface area (Å²) in [6, 6.07) is 6.22. The monoisotopic (exact) mass is 281 g/mol. The molecule has 1 fully saturated rings. The summed E-state index contributed by atoms with van der Waals surface area (Å²) < 4.78 is 6.48. The Bertz CT molecular complexity index is 505. The van der Waals surface area contributed by atoms with Crippen LogP contribution in [-0.4, -0.2) is 29.7 Å². The molecule has 1 saturated heterocycles. The van der Waals surface area contributed by atoms with Gasteiger partial charge >= 0.3 is 0 Å². The van der Waals surface area contributed by atoms with Gasteiger partial charge in [-0.25, -0.2) is 4.98 Å². The molecule has 2 heterocycles. The third-order valence-corrected chi connectivity index (χ3v) is 3.21. The number of nitrogens with one attached hydrogen (secondary N) is 2. The summed E-state index contributed by atoms with van der Waals surface area (Å²) in [5.41, 5.74) is 2.04. The number of benzene rings is 1. The number of hydrogen-bond acceptors (Lipinski definition) is 3. The molecule has 0 aliphatic carbocycles. The number of imidazole rings is 1. The zero-order valence-corrected chi connectivity index (χ0v) is 10.3. The standard InChI is InChI=1S/C11H12BrN3O/c12-7-1-2-8-9(5-7)15-11(14-8)10-6-16-4-3-13-10/h1-2,5,10,13H,3-4,6H2,(H,14,15). The van der Waals surface area contributed by atoms with E-state index in [1.165, 1.54) is 0 Å². The fourth-order valence-corrected chi connectivity index (χ4v) is 2.27. The smallest absolute Gasteiger partial charge is 0.126 e. The lowest BCUT2D eigenvalue weighted by Gasteiger charge is -2.21. The van der Waals surface area contributed by atoms with Crippen LogP contribution in [0.4, 0.5) is 0 Å². The van der Waals surface area contributed by atoms with Gasteiger partial charge in [-0.1, -0.05) is 15.9 Å². The van der Waals surface area contributed by atoms with Gasteiger partial charge in [0.05, 0.1) is 30.3 Å². The SMILES string of the molecule is Brc1ccc2nc(C3COCCN3)[nH]c2c1. The number of aromatic amines is 1. The molecule has 1 atom stereocenters. The highest BCUT2D eigenvalue weighted by molar-refractivity contribution is 9.10. The Morgan fingerprint density at radius 2 is 2.38 bits per heavy atom. The van der Waals surface area contributed by atoms with Crippen molar-refractivity contribution in [3.63, 3.8) is 0 Å². The molecule has 0 radical (unpaired) electrons. The van der Waals surface area contributed by atoms with Crippen molar-refractivity contribution in [2.24, 2.45) is 0 Å². The molecule has 2 aromatic rings. The van der Waals surface area contributed by atoms with Crippen molar-refractivity contribution in [1.29, 1.82) is 0 Å². The van der Waals surface area contributed by atoms with Crippen LogP contribution in [-0.2, 0) is 4.74 Å². The highest BCUT2D eigenvalue weighted by atomic mass is 79.9. The van der Waals surface area contributed by atoms with Crippen LogP contribution in [0.3, 0.4) is 0 Å². The summed E-state index contributed by atoms with van der Waals surface area (Å²) in [6.45, 7) is 2.34.